The van der Waals surface area contributed by atoms with Crippen molar-refractivity contribution in [1.82, 2.24) is 0 Å². The van der Waals surface area contributed by atoms with Gasteiger partial charge in [0.15, 0.2) is 0 Å². The Labute approximate surface area is 78.8 Å². The van der Waals surface area contributed by atoms with Gasteiger partial charge in [0.25, 0.3) is 0 Å². The van der Waals surface area contributed by atoms with Crippen LogP contribution in [0.4, 0.5) is 0 Å². The summed E-state index contributed by atoms with van der Waals surface area (Å²) in [6, 6.07) is 0. The first-order chi connectivity index (χ1) is 5.84. The van der Waals surface area contributed by atoms with E-state index in [0.717, 1.165) is 0 Å². The van der Waals surface area contributed by atoms with Crippen LogP contribution >= 0.6 is 0 Å². The van der Waals surface area contributed by atoms with Gasteiger partial charge in [0.1, 0.15) is 0 Å². The van der Waals surface area contributed by atoms with Gasteiger partial charge < -0.3 is 20.4 Å². The molecule has 0 aliphatic carbocycles. The lowest BCUT2D eigenvalue weighted by molar-refractivity contribution is -0.124. The van der Waals surface area contributed by atoms with Crippen LogP contribution in [-0.2, 0) is 0 Å². The molecule has 0 saturated carbocycles. The first kappa shape index (κ1) is 12.8. The summed E-state index contributed by atoms with van der Waals surface area (Å²) < 4.78 is 0. The van der Waals surface area contributed by atoms with Gasteiger partial charge in [0.2, 0.25) is 0 Å². The molecule has 0 amide bonds. The normalized spacial score (nSPS) is 15.9. The first-order valence-corrected chi connectivity index (χ1v) is 4.34. The van der Waals surface area contributed by atoms with Crippen LogP contribution in [0.2, 0.25) is 0 Å². The fraction of sp³-hybridized carbons (Fsp3) is 1.00. The summed E-state index contributed by atoms with van der Waals surface area (Å²) in [4.78, 5) is 0. The molecule has 0 heterocycles. The smallest absolute Gasteiger partial charge is 0.0710 e. The molecule has 0 aliphatic rings. The molecular formula is C9H20O4. The number of aliphatic hydroxyl groups is 4. The minimum absolute atomic E-state index is 0.432. The highest BCUT2D eigenvalue weighted by atomic mass is 16.3. The van der Waals surface area contributed by atoms with Gasteiger partial charge in [-0.1, -0.05) is 20.8 Å². The van der Waals surface area contributed by atoms with Crippen molar-refractivity contribution in [3.05, 3.63) is 0 Å². The van der Waals surface area contributed by atoms with Gasteiger partial charge in [-0.25, -0.2) is 0 Å². The van der Waals surface area contributed by atoms with Gasteiger partial charge in [0, 0.05) is 0 Å². The summed E-state index contributed by atoms with van der Waals surface area (Å²) >= 11 is 0. The molecule has 4 nitrogen and oxygen atoms in total. The molecule has 0 rings (SSSR count). The molecule has 0 radical (unpaired) electrons. The fourth-order valence-electron chi connectivity index (χ4n) is 1.33. The van der Waals surface area contributed by atoms with E-state index in [0.29, 0.717) is 0 Å². The van der Waals surface area contributed by atoms with E-state index in [1.54, 1.807) is 20.8 Å². The lowest BCUT2D eigenvalue weighted by Crippen LogP contribution is -2.51. The predicted molar refractivity (Wildman–Crippen MR) is 49.2 cm³/mol. The molecule has 0 bridgehead atoms. The number of aliphatic hydroxyl groups excluding tert-OH is 4. The van der Waals surface area contributed by atoms with Crippen LogP contribution in [0.15, 0.2) is 0 Å². The molecule has 1 unspecified atom stereocenters. The minimum Gasteiger partial charge on any atom is -0.396 e. The molecule has 0 aromatic carbocycles. The largest absolute Gasteiger partial charge is 0.396 e. The summed E-state index contributed by atoms with van der Waals surface area (Å²) in [5.41, 5.74) is -1.69. The van der Waals surface area contributed by atoms with E-state index in [2.05, 4.69) is 0 Å². The Morgan fingerprint density at radius 3 is 1.31 bits per heavy atom. The second kappa shape index (κ2) is 4.37. The SMILES string of the molecule is CC(C)(C)C(O)C(CO)(CO)CO. The van der Waals surface area contributed by atoms with Gasteiger partial charge >= 0.3 is 0 Å². The average Bonchev–Trinajstić information content (AvgIpc) is 2.07. The van der Waals surface area contributed by atoms with Crippen molar-refractivity contribution >= 4 is 0 Å². The molecule has 0 fully saturated rings. The Morgan fingerprint density at radius 2 is 1.23 bits per heavy atom. The summed E-state index contributed by atoms with van der Waals surface area (Å²) in [5, 5.41) is 36.9. The van der Waals surface area contributed by atoms with E-state index in [1.165, 1.54) is 0 Å². The first-order valence-electron chi connectivity index (χ1n) is 4.34. The third-order valence-electron chi connectivity index (χ3n) is 2.35. The molecular weight excluding hydrogens is 172 g/mol. The number of hydrogen-bond acceptors (Lipinski definition) is 4. The molecule has 0 aliphatic heterocycles. The second-order valence-corrected chi connectivity index (χ2v) is 4.61. The maximum absolute atomic E-state index is 9.82. The van der Waals surface area contributed by atoms with E-state index in [4.69, 9.17) is 15.3 Å². The van der Waals surface area contributed by atoms with Crippen molar-refractivity contribution in [3.63, 3.8) is 0 Å². The van der Waals surface area contributed by atoms with Crippen LogP contribution in [0.25, 0.3) is 0 Å². The lowest BCUT2D eigenvalue weighted by Gasteiger charge is -2.40. The Morgan fingerprint density at radius 1 is 0.923 bits per heavy atom. The van der Waals surface area contributed by atoms with E-state index in [9.17, 15) is 5.11 Å². The highest BCUT2D eigenvalue weighted by molar-refractivity contribution is 4.91. The molecule has 13 heavy (non-hydrogen) atoms. The van der Waals surface area contributed by atoms with Crippen molar-refractivity contribution in [1.29, 1.82) is 0 Å². The lowest BCUT2D eigenvalue weighted by atomic mass is 9.72. The van der Waals surface area contributed by atoms with E-state index < -0.39 is 36.8 Å². The Kier molecular flexibility index (Phi) is 4.32. The van der Waals surface area contributed by atoms with E-state index in [-0.39, 0.29) is 0 Å². The molecule has 4 N–H and O–H groups in total. The summed E-state index contributed by atoms with van der Waals surface area (Å²) in [6.07, 6.45) is -0.944. The van der Waals surface area contributed by atoms with Gasteiger partial charge in [-0.3, -0.25) is 0 Å². The molecule has 0 aromatic heterocycles. The summed E-state index contributed by atoms with van der Waals surface area (Å²) in [5.74, 6) is 0. The summed E-state index contributed by atoms with van der Waals surface area (Å²) in [7, 11) is 0. The second-order valence-electron chi connectivity index (χ2n) is 4.61. The third-order valence-corrected chi connectivity index (χ3v) is 2.35. The fourth-order valence-corrected chi connectivity index (χ4v) is 1.33. The Balaban J connectivity index is 4.73. The Bertz CT molecular complexity index is 138. The van der Waals surface area contributed by atoms with Gasteiger partial charge in [-0.15, -0.1) is 0 Å². The number of hydrogen-bond donors (Lipinski definition) is 4. The minimum atomic E-state index is -1.21. The topological polar surface area (TPSA) is 80.9 Å². The van der Waals surface area contributed by atoms with Crippen molar-refractivity contribution in [2.75, 3.05) is 19.8 Å². The van der Waals surface area contributed by atoms with E-state index >= 15 is 0 Å². The predicted octanol–water partition coefficient (Wildman–Crippen LogP) is -0.643. The average molecular weight is 192 g/mol. The van der Waals surface area contributed by atoms with Gasteiger partial charge in [0.05, 0.1) is 31.3 Å². The highest BCUT2D eigenvalue weighted by Crippen LogP contribution is 2.33. The monoisotopic (exact) mass is 192 g/mol. The molecule has 4 heteroatoms. The van der Waals surface area contributed by atoms with Crippen LogP contribution in [-0.4, -0.2) is 46.4 Å². The highest BCUT2D eigenvalue weighted by Gasteiger charge is 2.42. The summed E-state index contributed by atoms with van der Waals surface area (Å²) in [6.45, 7) is 4.06. The zero-order chi connectivity index (χ0) is 10.7. The molecule has 0 aromatic rings. The molecule has 0 spiro atoms. The van der Waals surface area contributed by atoms with Crippen molar-refractivity contribution < 1.29 is 20.4 Å². The van der Waals surface area contributed by atoms with Crippen LogP contribution in [0.3, 0.4) is 0 Å². The number of rotatable bonds is 4. The third kappa shape index (κ3) is 2.64. The van der Waals surface area contributed by atoms with Crippen LogP contribution in [0, 0.1) is 10.8 Å². The van der Waals surface area contributed by atoms with Crippen molar-refractivity contribution in [3.8, 4) is 0 Å². The van der Waals surface area contributed by atoms with Crippen molar-refractivity contribution in [2.24, 2.45) is 10.8 Å². The maximum Gasteiger partial charge on any atom is 0.0710 e. The molecule has 1 atom stereocenters. The maximum atomic E-state index is 9.82. The standard InChI is InChI=1S/C9H20O4/c1-8(2,3)7(13)9(4-10,5-11)6-12/h7,10-13H,4-6H2,1-3H3. The molecule has 0 saturated heterocycles. The Hall–Kier alpha value is -0.160. The molecule has 80 valence electrons. The van der Waals surface area contributed by atoms with Crippen LogP contribution in [0.5, 0.6) is 0 Å². The van der Waals surface area contributed by atoms with Gasteiger partial charge in [-0.05, 0) is 5.41 Å². The van der Waals surface area contributed by atoms with Crippen molar-refractivity contribution in [2.45, 2.75) is 26.9 Å². The van der Waals surface area contributed by atoms with Crippen LogP contribution < -0.4 is 0 Å². The zero-order valence-electron chi connectivity index (χ0n) is 8.49. The van der Waals surface area contributed by atoms with Gasteiger partial charge in [-0.2, -0.15) is 0 Å². The van der Waals surface area contributed by atoms with E-state index in [1.807, 2.05) is 0 Å². The quantitative estimate of drug-likeness (QED) is 0.477. The van der Waals surface area contributed by atoms with Crippen LogP contribution in [0.1, 0.15) is 20.8 Å². The zero-order valence-corrected chi connectivity index (χ0v) is 8.49.